The largest absolute Gasteiger partial charge is 0.462 e. The molecule has 0 radical (unpaired) electrons. The smallest absolute Gasteiger partial charge is 0.306 e. The average molecular weight is 1140 g/mol. The molecule has 0 aliphatic rings. The van der Waals surface area contributed by atoms with Crippen LogP contribution >= 0.6 is 0 Å². The SMILES string of the molecule is CC/C=C\C/C=C\C/C=C\C/C=C\C/C=C\C/C=C\C/C=C\CCCCCC(=O)OCC(COC(=O)CCCCCCC/C=C\C/C=C\C/C=C\CC)OC(=O)CCCCC/C=C\C/C=C\C/C=C\C/C=C\C/C=C\C/C=C\C/C=C\CC. The van der Waals surface area contributed by atoms with Gasteiger partial charge in [0.25, 0.3) is 0 Å². The van der Waals surface area contributed by atoms with E-state index in [9.17, 15) is 14.4 Å². The molecule has 83 heavy (non-hydrogen) atoms. The van der Waals surface area contributed by atoms with Gasteiger partial charge in [0.1, 0.15) is 13.2 Å². The quantitative estimate of drug-likeness (QED) is 0.0261. The molecule has 0 aromatic carbocycles. The third-order valence-corrected chi connectivity index (χ3v) is 12.8. The van der Waals surface area contributed by atoms with Crippen molar-refractivity contribution in [3.8, 4) is 0 Å². The molecule has 1 atom stereocenters. The van der Waals surface area contributed by atoms with E-state index < -0.39 is 6.10 Å². The number of esters is 3. The van der Waals surface area contributed by atoms with E-state index in [-0.39, 0.29) is 37.5 Å². The zero-order valence-electron chi connectivity index (χ0n) is 52.6. The van der Waals surface area contributed by atoms with Crippen LogP contribution in [0.1, 0.15) is 239 Å². The Morgan fingerprint density at radius 1 is 0.241 bits per heavy atom. The minimum atomic E-state index is -0.833. The Morgan fingerprint density at radius 3 is 0.687 bits per heavy atom. The molecule has 0 aromatic heterocycles. The summed E-state index contributed by atoms with van der Waals surface area (Å²) >= 11 is 0. The van der Waals surface area contributed by atoms with Crippen molar-refractivity contribution in [2.45, 2.75) is 245 Å². The molecular formula is C77H116O6. The van der Waals surface area contributed by atoms with Gasteiger partial charge in [-0.05, 0) is 167 Å². The van der Waals surface area contributed by atoms with E-state index in [1.807, 2.05) is 0 Å². The first-order chi connectivity index (χ1) is 41.0. The zero-order chi connectivity index (χ0) is 59.9. The summed E-state index contributed by atoms with van der Waals surface area (Å²) in [4.78, 5) is 38.4. The van der Waals surface area contributed by atoms with Crippen LogP contribution in [0.4, 0.5) is 0 Å². The van der Waals surface area contributed by atoms with Crippen LogP contribution in [0.2, 0.25) is 0 Å². The molecule has 0 saturated carbocycles. The molecule has 0 spiro atoms. The lowest BCUT2D eigenvalue weighted by Gasteiger charge is -2.18. The summed E-state index contributed by atoms with van der Waals surface area (Å²) in [7, 11) is 0. The van der Waals surface area contributed by atoms with Crippen molar-refractivity contribution in [2.75, 3.05) is 13.2 Å². The summed E-state index contributed by atoms with van der Waals surface area (Å²) < 4.78 is 16.9. The molecular weight excluding hydrogens is 1020 g/mol. The molecule has 460 valence electrons. The normalized spacial score (nSPS) is 13.5. The Hall–Kier alpha value is -6.01. The van der Waals surface area contributed by atoms with Crippen molar-refractivity contribution in [1.82, 2.24) is 0 Å². The first-order valence-corrected chi connectivity index (χ1v) is 32.6. The van der Waals surface area contributed by atoms with Crippen LogP contribution in [-0.4, -0.2) is 37.2 Å². The third-order valence-electron chi connectivity index (χ3n) is 12.8. The van der Waals surface area contributed by atoms with Crippen molar-refractivity contribution >= 4 is 17.9 Å². The molecule has 0 amide bonds. The van der Waals surface area contributed by atoms with E-state index in [1.165, 1.54) is 0 Å². The maximum Gasteiger partial charge on any atom is 0.306 e. The molecule has 0 saturated heterocycles. The second-order valence-electron chi connectivity index (χ2n) is 20.5. The summed E-state index contributed by atoms with van der Waals surface area (Å²) in [5.74, 6) is -1.02. The van der Waals surface area contributed by atoms with Gasteiger partial charge in [-0.15, -0.1) is 0 Å². The number of ether oxygens (including phenoxy) is 3. The molecule has 6 heteroatoms. The summed E-state index contributed by atoms with van der Waals surface area (Å²) in [6.07, 6.45) is 105. The molecule has 0 rings (SSSR count). The first kappa shape index (κ1) is 77.0. The first-order valence-electron chi connectivity index (χ1n) is 32.6. The van der Waals surface area contributed by atoms with Crippen LogP contribution in [-0.2, 0) is 28.6 Å². The number of hydrogen-bond acceptors (Lipinski definition) is 6. The number of hydrogen-bond donors (Lipinski definition) is 0. The maximum atomic E-state index is 12.9. The van der Waals surface area contributed by atoms with Gasteiger partial charge in [0, 0.05) is 19.3 Å². The second-order valence-corrected chi connectivity index (χ2v) is 20.5. The fourth-order valence-corrected chi connectivity index (χ4v) is 8.00. The summed E-state index contributed by atoms with van der Waals surface area (Å²) in [6, 6.07) is 0. The Kier molecular flexibility index (Phi) is 63.5. The van der Waals surface area contributed by atoms with E-state index in [0.29, 0.717) is 19.3 Å². The molecule has 1 unspecified atom stereocenters. The highest BCUT2D eigenvalue weighted by molar-refractivity contribution is 5.71. The number of carbonyl (C=O) groups excluding carboxylic acids is 3. The Balaban J connectivity index is 4.58. The minimum absolute atomic E-state index is 0.124. The lowest BCUT2D eigenvalue weighted by Crippen LogP contribution is -2.30. The van der Waals surface area contributed by atoms with Gasteiger partial charge in [-0.3, -0.25) is 14.4 Å². The van der Waals surface area contributed by atoms with Gasteiger partial charge < -0.3 is 14.2 Å². The zero-order valence-corrected chi connectivity index (χ0v) is 52.6. The number of rotatable bonds is 56. The monoisotopic (exact) mass is 1140 g/mol. The minimum Gasteiger partial charge on any atom is -0.462 e. The molecule has 0 bridgehead atoms. The van der Waals surface area contributed by atoms with Crippen molar-refractivity contribution in [2.24, 2.45) is 0 Å². The fraction of sp³-hybridized carbons (Fsp3) is 0.519. The van der Waals surface area contributed by atoms with Crippen molar-refractivity contribution in [3.63, 3.8) is 0 Å². The van der Waals surface area contributed by atoms with E-state index in [0.717, 1.165) is 193 Å². The maximum absolute atomic E-state index is 12.9. The average Bonchev–Trinajstić information content (AvgIpc) is 3.49. The fourth-order valence-electron chi connectivity index (χ4n) is 8.00. The van der Waals surface area contributed by atoms with Gasteiger partial charge in [-0.25, -0.2) is 0 Å². The number of unbranched alkanes of at least 4 members (excludes halogenated alkanes) is 11. The van der Waals surface area contributed by atoms with Gasteiger partial charge in [0.05, 0.1) is 0 Å². The second kappa shape index (κ2) is 68.5. The Labute approximate surface area is 509 Å². The van der Waals surface area contributed by atoms with Crippen LogP contribution < -0.4 is 0 Å². The van der Waals surface area contributed by atoms with Gasteiger partial charge in [0.2, 0.25) is 0 Å². The van der Waals surface area contributed by atoms with Gasteiger partial charge in [-0.2, -0.15) is 0 Å². The van der Waals surface area contributed by atoms with E-state index >= 15 is 0 Å². The predicted octanol–water partition coefficient (Wildman–Crippen LogP) is 22.8. The van der Waals surface area contributed by atoms with E-state index in [1.54, 1.807) is 0 Å². The molecule has 6 nitrogen and oxygen atoms in total. The van der Waals surface area contributed by atoms with Crippen LogP contribution in [0, 0.1) is 0 Å². The third kappa shape index (κ3) is 66.7. The highest BCUT2D eigenvalue weighted by atomic mass is 16.6. The van der Waals surface area contributed by atoms with Gasteiger partial charge >= 0.3 is 17.9 Å². The molecule has 0 aliphatic carbocycles. The predicted molar refractivity (Wildman–Crippen MR) is 361 cm³/mol. The van der Waals surface area contributed by atoms with Crippen molar-refractivity contribution in [3.05, 3.63) is 207 Å². The standard InChI is InChI=1S/C77H116O6/c1-4-7-10-13-16-19-22-25-28-30-32-34-36-38-40-42-44-46-49-52-55-58-61-64-67-70-76(79)82-73-74(72-81-75(78)69-66-63-60-57-54-51-48-27-24-21-18-15-12-9-6-3)83-77(80)71-68-65-62-59-56-53-50-47-45-43-41-39-37-35-33-31-29-26-23-20-17-14-11-8-5-2/h7-12,16-21,25-29,32-35,38-41,44-48,52-53,55-56,74H,4-6,13-15,22-24,30-31,36-37,42-43,49-51,54,57-73H2,1-3H3/b10-7-,11-8-,12-9-,19-16-,20-17-,21-18-,28-25-,29-26-,34-32-,35-33-,40-38-,41-39-,46-44-,47-45-,48-27-,55-52-,56-53-. The van der Waals surface area contributed by atoms with E-state index in [2.05, 4.69) is 227 Å². The van der Waals surface area contributed by atoms with Crippen molar-refractivity contribution < 1.29 is 28.6 Å². The van der Waals surface area contributed by atoms with Crippen LogP contribution in [0.3, 0.4) is 0 Å². The summed E-state index contributed by atoms with van der Waals surface area (Å²) in [6.45, 7) is 6.21. The van der Waals surface area contributed by atoms with Crippen LogP contribution in [0.15, 0.2) is 207 Å². The summed E-state index contributed by atoms with van der Waals surface area (Å²) in [5.41, 5.74) is 0. The lowest BCUT2D eigenvalue weighted by atomic mass is 10.1. The molecule has 0 fully saturated rings. The topological polar surface area (TPSA) is 78.9 Å². The molecule has 0 aliphatic heterocycles. The Bertz CT molecular complexity index is 2030. The highest BCUT2D eigenvalue weighted by Crippen LogP contribution is 2.12. The molecule has 0 heterocycles. The molecule has 0 N–H and O–H groups in total. The van der Waals surface area contributed by atoms with E-state index in [4.69, 9.17) is 14.2 Å². The Morgan fingerprint density at radius 2 is 0.434 bits per heavy atom. The van der Waals surface area contributed by atoms with Crippen molar-refractivity contribution in [1.29, 1.82) is 0 Å². The number of carbonyl (C=O) groups is 3. The lowest BCUT2D eigenvalue weighted by molar-refractivity contribution is -0.167. The molecule has 0 aromatic rings. The highest BCUT2D eigenvalue weighted by Gasteiger charge is 2.19. The van der Waals surface area contributed by atoms with Crippen LogP contribution in [0.5, 0.6) is 0 Å². The van der Waals surface area contributed by atoms with Gasteiger partial charge in [-0.1, -0.05) is 259 Å². The van der Waals surface area contributed by atoms with Gasteiger partial charge in [0.15, 0.2) is 6.10 Å². The summed E-state index contributed by atoms with van der Waals surface area (Å²) in [5, 5.41) is 0. The number of allylic oxidation sites excluding steroid dienone is 34. The van der Waals surface area contributed by atoms with Crippen LogP contribution in [0.25, 0.3) is 0 Å².